The molecular formula is C13H18BrN3O. The van der Waals surface area contributed by atoms with Crippen molar-refractivity contribution >= 4 is 27.5 Å². The standard InChI is InChI=1S/C13H18BrN3O/c14-10-1-2-11(13(15)16)12(7-10)17-5-3-9(8-17)4-6-18/h1-2,7,9,18H,3-6,8H2,(H3,15,16). The van der Waals surface area contributed by atoms with Crippen LogP contribution in [0.4, 0.5) is 5.69 Å². The Bertz CT molecular complexity index is 450. The summed E-state index contributed by atoms with van der Waals surface area (Å²) in [6, 6.07) is 5.79. The monoisotopic (exact) mass is 311 g/mol. The molecule has 0 aliphatic carbocycles. The molecule has 1 aromatic rings. The molecule has 98 valence electrons. The summed E-state index contributed by atoms with van der Waals surface area (Å²) in [6.07, 6.45) is 1.93. The van der Waals surface area contributed by atoms with Gasteiger partial charge in [0, 0.05) is 35.4 Å². The number of amidine groups is 1. The Morgan fingerprint density at radius 1 is 1.56 bits per heavy atom. The topological polar surface area (TPSA) is 73.3 Å². The van der Waals surface area contributed by atoms with Gasteiger partial charge in [-0.2, -0.15) is 0 Å². The number of hydrogen-bond donors (Lipinski definition) is 3. The maximum atomic E-state index is 8.99. The number of aliphatic hydroxyl groups is 1. The Hall–Kier alpha value is -1.07. The highest BCUT2D eigenvalue weighted by molar-refractivity contribution is 9.10. The van der Waals surface area contributed by atoms with Gasteiger partial charge < -0.3 is 15.7 Å². The molecule has 1 saturated heterocycles. The highest BCUT2D eigenvalue weighted by atomic mass is 79.9. The van der Waals surface area contributed by atoms with E-state index in [1.807, 2.05) is 18.2 Å². The third kappa shape index (κ3) is 2.84. The Kier molecular flexibility index (Phi) is 4.24. The van der Waals surface area contributed by atoms with Crippen molar-refractivity contribution in [3.8, 4) is 0 Å². The van der Waals surface area contributed by atoms with Crippen LogP contribution in [0.5, 0.6) is 0 Å². The van der Waals surface area contributed by atoms with Crippen LogP contribution in [0.15, 0.2) is 22.7 Å². The number of nitrogens with two attached hydrogens (primary N) is 1. The molecule has 0 amide bonds. The molecule has 1 aliphatic rings. The predicted octanol–water partition coefficient (Wildman–Crippen LogP) is 1.94. The molecule has 4 nitrogen and oxygen atoms in total. The van der Waals surface area contributed by atoms with Crippen LogP contribution in [0, 0.1) is 11.3 Å². The number of hydrogen-bond acceptors (Lipinski definition) is 3. The lowest BCUT2D eigenvalue weighted by molar-refractivity contribution is 0.263. The first-order chi connectivity index (χ1) is 8.61. The zero-order valence-electron chi connectivity index (χ0n) is 10.2. The average Bonchev–Trinajstić information content (AvgIpc) is 2.77. The maximum absolute atomic E-state index is 8.99. The molecule has 1 heterocycles. The van der Waals surface area contributed by atoms with Crippen LogP contribution in [0.3, 0.4) is 0 Å². The van der Waals surface area contributed by atoms with Crippen LogP contribution < -0.4 is 10.6 Å². The summed E-state index contributed by atoms with van der Waals surface area (Å²) >= 11 is 3.46. The van der Waals surface area contributed by atoms with Gasteiger partial charge in [0.15, 0.2) is 0 Å². The van der Waals surface area contributed by atoms with Gasteiger partial charge in [0.2, 0.25) is 0 Å². The molecule has 1 aromatic carbocycles. The fourth-order valence-corrected chi connectivity index (χ4v) is 2.81. The molecule has 0 spiro atoms. The van der Waals surface area contributed by atoms with E-state index in [4.69, 9.17) is 16.2 Å². The molecule has 1 unspecified atom stereocenters. The van der Waals surface area contributed by atoms with Gasteiger partial charge in [0.1, 0.15) is 5.84 Å². The molecule has 1 aliphatic heterocycles. The quantitative estimate of drug-likeness (QED) is 0.588. The van der Waals surface area contributed by atoms with Crippen LogP contribution in [0.1, 0.15) is 18.4 Å². The van der Waals surface area contributed by atoms with E-state index >= 15 is 0 Å². The lowest BCUT2D eigenvalue weighted by Gasteiger charge is -2.22. The predicted molar refractivity (Wildman–Crippen MR) is 77.2 cm³/mol. The smallest absolute Gasteiger partial charge is 0.124 e. The highest BCUT2D eigenvalue weighted by Crippen LogP contribution is 2.30. The van der Waals surface area contributed by atoms with E-state index < -0.39 is 0 Å². The van der Waals surface area contributed by atoms with Crippen LogP contribution >= 0.6 is 15.9 Å². The van der Waals surface area contributed by atoms with Gasteiger partial charge in [-0.25, -0.2) is 0 Å². The van der Waals surface area contributed by atoms with E-state index in [9.17, 15) is 0 Å². The molecule has 0 aromatic heterocycles. The summed E-state index contributed by atoms with van der Waals surface area (Å²) in [4.78, 5) is 2.25. The van der Waals surface area contributed by atoms with E-state index in [1.54, 1.807) is 0 Å². The third-order valence-corrected chi connectivity index (χ3v) is 3.91. The molecule has 0 bridgehead atoms. The number of benzene rings is 1. The summed E-state index contributed by atoms with van der Waals surface area (Å²) in [7, 11) is 0. The lowest BCUT2D eigenvalue weighted by atomic mass is 10.1. The van der Waals surface area contributed by atoms with Gasteiger partial charge in [-0.3, -0.25) is 5.41 Å². The second kappa shape index (κ2) is 5.71. The molecule has 5 heteroatoms. The largest absolute Gasteiger partial charge is 0.396 e. The van der Waals surface area contributed by atoms with Gasteiger partial charge in [-0.15, -0.1) is 0 Å². The van der Waals surface area contributed by atoms with Crippen LogP contribution in [0.2, 0.25) is 0 Å². The number of nitrogens with one attached hydrogen (secondary N) is 1. The van der Waals surface area contributed by atoms with Crippen molar-refractivity contribution in [3.63, 3.8) is 0 Å². The van der Waals surface area contributed by atoms with Crippen LogP contribution in [-0.2, 0) is 0 Å². The number of nitrogens with zero attached hydrogens (tertiary/aromatic N) is 1. The van der Waals surface area contributed by atoms with Crippen LogP contribution in [-0.4, -0.2) is 30.6 Å². The first kappa shape index (κ1) is 13.4. The number of nitrogen functional groups attached to an aromatic ring is 1. The molecule has 0 radical (unpaired) electrons. The minimum Gasteiger partial charge on any atom is -0.396 e. The average molecular weight is 312 g/mol. The Balaban J connectivity index is 2.23. The fraction of sp³-hybridized carbons (Fsp3) is 0.462. The number of aliphatic hydroxyl groups excluding tert-OH is 1. The van der Waals surface area contributed by atoms with Gasteiger partial charge in [-0.1, -0.05) is 15.9 Å². The summed E-state index contributed by atoms with van der Waals surface area (Å²) in [5.74, 6) is 0.636. The second-order valence-electron chi connectivity index (χ2n) is 4.69. The molecule has 18 heavy (non-hydrogen) atoms. The fourth-order valence-electron chi connectivity index (χ4n) is 2.46. The van der Waals surface area contributed by atoms with Gasteiger partial charge >= 0.3 is 0 Å². The van der Waals surface area contributed by atoms with Crippen LogP contribution in [0.25, 0.3) is 0 Å². The Morgan fingerprint density at radius 2 is 2.33 bits per heavy atom. The van der Waals surface area contributed by atoms with E-state index in [0.717, 1.165) is 41.7 Å². The highest BCUT2D eigenvalue weighted by Gasteiger charge is 2.24. The molecule has 1 atom stereocenters. The van der Waals surface area contributed by atoms with E-state index in [-0.39, 0.29) is 12.4 Å². The minimum atomic E-state index is 0.100. The van der Waals surface area contributed by atoms with Crippen molar-refractivity contribution in [1.82, 2.24) is 0 Å². The molecule has 2 rings (SSSR count). The third-order valence-electron chi connectivity index (χ3n) is 3.41. The van der Waals surface area contributed by atoms with Gasteiger partial charge in [0.25, 0.3) is 0 Å². The van der Waals surface area contributed by atoms with E-state index in [0.29, 0.717) is 5.92 Å². The molecule has 0 saturated carbocycles. The second-order valence-corrected chi connectivity index (χ2v) is 5.60. The first-order valence-corrected chi connectivity index (χ1v) is 6.91. The molecular weight excluding hydrogens is 294 g/mol. The van der Waals surface area contributed by atoms with E-state index in [1.165, 1.54) is 0 Å². The molecule has 1 fully saturated rings. The minimum absolute atomic E-state index is 0.100. The maximum Gasteiger partial charge on any atom is 0.124 e. The van der Waals surface area contributed by atoms with Crippen molar-refractivity contribution in [1.29, 1.82) is 5.41 Å². The van der Waals surface area contributed by atoms with Crippen molar-refractivity contribution in [2.24, 2.45) is 11.7 Å². The summed E-state index contributed by atoms with van der Waals surface area (Å²) in [5.41, 5.74) is 7.42. The Labute approximate surface area is 115 Å². The number of rotatable bonds is 4. The van der Waals surface area contributed by atoms with Gasteiger partial charge in [0.05, 0.1) is 0 Å². The zero-order chi connectivity index (χ0) is 13.1. The summed E-state index contributed by atoms with van der Waals surface area (Å²) in [6.45, 7) is 2.13. The van der Waals surface area contributed by atoms with Crippen molar-refractivity contribution < 1.29 is 5.11 Å². The summed E-state index contributed by atoms with van der Waals surface area (Å²) in [5, 5.41) is 16.6. The first-order valence-electron chi connectivity index (χ1n) is 6.11. The summed E-state index contributed by atoms with van der Waals surface area (Å²) < 4.78 is 0.994. The number of anilines is 1. The zero-order valence-corrected chi connectivity index (χ0v) is 11.8. The van der Waals surface area contributed by atoms with Crippen molar-refractivity contribution in [2.75, 3.05) is 24.6 Å². The SMILES string of the molecule is N=C(N)c1ccc(Br)cc1N1CCC(CCO)C1. The van der Waals surface area contributed by atoms with Crippen molar-refractivity contribution in [2.45, 2.75) is 12.8 Å². The Morgan fingerprint density at radius 3 is 3.00 bits per heavy atom. The number of halogens is 1. The van der Waals surface area contributed by atoms with Crippen molar-refractivity contribution in [3.05, 3.63) is 28.2 Å². The van der Waals surface area contributed by atoms with E-state index in [2.05, 4.69) is 20.8 Å². The van der Waals surface area contributed by atoms with Gasteiger partial charge in [-0.05, 0) is 37.0 Å². The normalized spacial score (nSPS) is 19.2. The lowest BCUT2D eigenvalue weighted by Crippen LogP contribution is -2.24. The molecule has 4 N–H and O–H groups in total.